The summed E-state index contributed by atoms with van der Waals surface area (Å²) in [6, 6.07) is 9.38. The van der Waals surface area contributed by atoms with Gasteiger partial charge in [-0.25, -0.2) is 8.42 Å². The lowest BCUT2D eigenvalue weighted by Gasteiger charge is -2.22. The van der Waals surface area contributed by atoms with Crippen molar-refractivity contribution in [3.05, 3.63) is 46.4 Å². The fourth-order valence-corrected chi connectivity index (χ4v) is 5.20. The molecule has 0 bridgehead atoms. The van der Waals surface area contributed by atoms with Crippen LogP contribution in [0.3, 0.4) is 0 Å². The number of sulfonamides is 1. The molecule has 28 heavy (non-hydrogen) atoms. The number of carbonyl (C=O) groups is 1. The van der Waals surface area contributed by atoms with E-state index in [1.807, 2.05) is 0 Å². The Labute approximate surface area is 173 Å². The third-order valence-corrected chi connectivity index (χ3v) is 6.89. The summed E-state index contributed by atoms with van der Waals surface area (Å²) in [6.45, 7) is 2.18. The van der Waals surface area contributed by atoms with Crippen molar-refractivity contribution in [1.82, 2.24) is 4.31 Å². The van der Waals surface area contributed by atoms with Crippen LogP contribution in [0.15, 0.2) is 41.3 Å². The molecule has 1 aliphatic heterocycles. The topological polar surface area (TPSA) is 84.9 Å². The van der Waals surface area contributed by atoms with E-state index < -0.39 is 22.5 Å². The van der Waals surface area contributed by atoms with Crippen molar-refractivity contribution >= 4 is 44.8 Å². The van der Waals surface area contributed by atoms with Crippen LogP contribution in [0.2, 0.25) is 10.0 Å². The average Bonchev–Trinajstić information content (AvgIpc) is 2.65. The Balaban J connectivity index is 1.76. The van der Waals surface area contributed by atoms with Gasteiger partial charge in [0.2, 0.25) is 15.9 Å². The molecule has 0 aromatic heterocycles. The summed E-state index contributed by atoms with van der Waals surface area (Å²) >= 11 is 12.1. The van der Waals surface area contributed by atoms with Crippen LogP contribution in [0.4, 0.5) is 5.69 Å². The Morgan fingerprint density at radius 2 is 1.75 bits per heavy atom. The van der Waals surface area contributed by atoms with Crippen LogP contribution in [0, 0.1) is 0 Å². The molecule has 1 aliphatic rings. The van der Waals surface area contributed by atoms with Gasteiger partial charge in [0.25, 0.3) is 0 Å². The van der Waals surface area contributed by atoms with E-state index in [0.29, 0.717) is 30.4 Å². The molecular formula is C18H18Cl2N2O5S. The maximum atomic E-state index is 12.9. The lowest BCUT2D eigenvalue weighted by Crippen LogP contribution is -2.38. The first-order chi connectivity index (χ1) is 13.3. The van der Waals surface area contributed by atoms with Gasteiger partial charge in [0.1, 0.15) is 18.1 Å². The molecule has 1 amide bonds. The lowest BCUT2D eigenvalue weighted by atomic mass is 10.2. The number of benzene rings is 2. The number of amides is 1. The van der Waals surface area contributed by atoms with Gasteiger partial charge >= 0.3 is 0 Å². The van der Waals surface area contributed by atoms with Crippen molar-refractivity contribution in [1.29, 1.82) is 0 Å². The van der Waals surface area contributed by atoms with Gasteiger partial charge < -0.3 is 14.8 Å². The van der Waals surface area contributed by atoms with Crippen LogP contribution in [0.1, 0.15) is 6.92 Å². The zero-order valence-electron chi connectivity index (χ0n) is 14.9. The Hall–Kier alpha value is -2.00. The molecule has 3 rings (SSSR count). The second-order valence-electron chi connectivity index (χ2n) is 5.89. The Morgan fingerprint density at radius 1 is 1.11 bits per heavy atom. The standard InChI is InChI=1S/C18H18Cl2N2O5S/c1-2-22(28(24,25)18-13(19)4-3-5-14(18)20)11-17(23)21-12-6-7-15-16(10-12)27-9-8-26-15/h3-7,10H,2,8-9,11H2,1H3,(H,21,23). The summed E-state index contributed by atoms with van der Waals surface area (Å²) in [5, 5.41) is 2.66. The van der Waals surface area contributed by atoms with Crippen LogP contribution in [-0.2, 0) is 14.8 Å². The monoisotopic (exact) mass is 444 g/mol. The summed E-state index contributed by atoms with van der Waals surface area (Å²) in [7, 11) is -4.05. The summed E-state index contributed by atoms with van der Waals surface area (Å²) < 4.78 is 37.8. The highest BCUT2D eigenvalue weighted by atomic mass is 35.5. The fourth-order valence-electron chi connectivity index (χ4n) is 2.71. The van der Waals surface area contributed by atoms with E-state index >= 15 is 0 Å². The molecule has 0 unspecified atom stereocenters. The lowest BCUT2D eigenvalue weighted by molar-refractivity contribution is -0.116. The molecule has 0 spiro atoms. The number of ether oxygens (including phenoxy) is 2. The number of likely N-dealkylation sites (N-methyl/N-ethyl adjacent to an activating group) is 1. The molecule has 0 radical (unpaired) electrons. The highest BCUT2D eigenvalue weighted by molar-refractivity contribution is 7.89. The maximum Gasteiger partial charge on any atom is 0.246 e. The van der Waals surface area contributed by atoms with Crippen molar-refractivity contribution in [2.45, 2.75) is 11.8 Å². The quantitative estimate of drug-likeness (QED) is 0.737. The fraction of sp³-hybridized carbons (Fsp3) is 0.278. The molecule has 10 heteroatoms. The van der Waals surface area contributed by atoms with E-state index in [9.17, 15) is 13.2 Å². The molecule has 7 nitrogen and oxygen atoms in total. The van der Waals surface area contributed by atoms with Crippen molar-refractivity contribution in [3.63, 3.8) is 0 Å². The number of hydrogen-bond donors (Lipinski definition) is 1. The van der Waals surface area contributed by atoms with Gasteiger partial charge in [0.05, 0.1) is 16.6 Å². The molecule has 0 saturated carbocycles. The van der Waals surface area contributed by atoms with Crippen LogP contribution in [-0.4, -0.2) is 44.9 Å². The van der Waals surface area contributed by atoms with E-state index in [1.165, 1.54) is 12.1 Å². The summed E-state index contributed by atoms with van der Waals surface area (Å²) in [4.78, 5) is 12.2. The van der Waals surface area contributed by atoms with Crippen LogP contribution >= 0.6 is 23.2 Å². The number of anilines is 1. The number of nitrogens with one attached hydrogen (secondary N) is 1. The van der Waals surface area contributed by atoms with E-state index in [2.05, 4.69) is 5.32 Å². The molecule has 1 N–H and O–H groups in total. The minimum absolute atomic E-state index is 0.00167. The smallest absolute Gasteiger partial charge is 0.246 e. The highest BCUT2D eigenvalue weighted by Gasteiger charge is 2.29. The molecule has 1 heterocycles. The van der Waals surface area contributed by atoms with Crippen LogP contribution < -0.4 is 14.8 Å². The van der Waals surface area contributed by atoms with E-state index in [4.69, 9.17) is 32.7 Å². The zero-order chi connectivity index (χ0) is 20.3. The predicted molar refractivity (Wildman–Crippen MR) is 107 cm³/mol. The van der Waals surface area contributed by atoms with Crippen LogP contribution in [0.25, 0.3) is 0 Å². The molecule has 0 atom stereocenters. The number of hydrogen-bond acceptors (Lipinski definition) is 5. The molecule has 0 aliphatic carbocycles. The number of halogens is 2. The number of rotatable bonds is 6. The van der Waals surface area contributed by atoms with Gasteiger partial charge in [0, 0.05) is 18.3 Å². The van der Waals surface area contributed by atoms with E-state index in [-0.39, 0.29) is 21.5 Å². The molecule has 2 aromatic carbocycles. The second kappa shape index (κ2) is 8.57. The molecule has 0 saturated heterocycles. The van der Waals surface area contributed by atoms with Gasteiger partial charge in [0.15, 0.2) is 11.5 Å². The molecule has 0 fully saturated rings. The third kappa shape index (κ3) is 4.35. The van der Waals surface area contributed by atoms with Crippen molar-refractivity contribution in [2.75, 3.05) is 31.6 Å². The van der Waals surface area contributed by atoms with Crippen molar-refractivity contribution in [2.24, 2.45) is 0 Å². The zero-order valence-corrected chi connectivity index (χ0v) is 17.3. The highest BCUT2D eigenvalue weighted by Crippen LogP contribution is 2.33. The Morgan fingerprint density at radius 3 is 2.39 bits per heavy atom. The van der Waals surface area contributed by atoms with Gasteiger partial charge in [-0.15, -0.1) is 0 Å². The van der Waals surface area contributed by atoms with E-state index in [0.717, 1.165) is 4.31 Å². The summed E-state index contributed by atoms with van der Waals surface area (Å²) in [5.41, 5.74) is 0.471. The van der Waals surface area contributed by atoms with E-state index in [1.54, 1.807) is 31.2 Å². The largest absolute Gasteiger partial charge is 0.486 e. The molecular weight excluding hydrogens is 427 g/mol. The SMILES string of the molecule is CCN(CC(=O)Nc1ccc2c(c1)OCCO2)S(=O)(=O)c1c(Cl)cccc1Cl. The predicted octanol–water partition coefficient (Wildman–Crippen LogP) is 3.41. The summed E-state index contributed by atoms with van der Waals surface area (Å²) in [6.07, 6.45) is 0. The van der Waals surface area contributed by atoms with Gasteiger partial charge in [-0.1, -0.05) is 36.2 Å². The van der Waals surface area contributed by atoms with Crippen molar-refractivity contribution < 1.29 is 22.7 Å². The van der Waals surface area contributed by atoms with Gasteiger partial charge in [-0.3, -0.25) is 4.79 Å². The number of carbonyl (C=O) groups excluding carboxylic acids is 1. The second-order valence-corrected chi connectivity index (χ2v) is 8.58. The normalized spacial score (nSPS) is 13.4. The first kappa shape index (κ1) is 20.7. The molecule has 2 aromatic rings. The Bertz CT molecular complexity index is 977. The first-order valence-corrected chi connectivity index (χ1v) is 10.7. The Kier molecular flexibility index (Phi) is 6.34. The third-order valence-electron chi connectivity index (χ3n) is 4.02. The minimum Gasteiger partial charge on any atom is -0.486 e. The van der Waals surface area contributed by atoms with Gasteiger partial charge in [-0.2, -0.15) is 4.31 Å². The van der Waals surface area contributed by atoms with Gasteiger partial charge in [-0.05, 0) is 24.3 Å². The average molecular weight is 445 g/mol. The maximum absolute atomic E-state index is 12.9. The van der Waals surface area contributed by atoms with Crippen molar-refractivity contribution in [3.8, 4) is 11.5 Å². The number of nitrogens with zero attached hydrogens (tertiary/aromatic N) is 1. The minimum atomic E-state index is -4.05. The first-order valence-electron chi connectivity index (χ1n) is 8.46. The van der Waals surface area contributed by atoms with Crippen LogP contribution in [0.5, 0.6) is 11.5 Å². The number of fused-ring (bicyclic) bond motifs is 1. The summed E-state index contributed by atoms with van der Waals surface area (Å²) in [5.74, 6) is 0.604. The molecule has 150 valence electrons.